The van der Waals surface area contributed by atoms with Crippen LogP contribution in [-0.2, 0) is 13.1 Å². The van der Waals surface area contributed by atoms with Gasteiger partial charge in [-0.2, -0.15) is 5.10 Å². The smallest absolute Gasteiger partial charge is 0.251 e. The van der Waals surface area contributed by atoms with Gasteiger partial charge < -0.3 is 15.2 Å². The molecule has 3 N–H and O–H groups in total. The Labute approximate surface area is 179 Å². The van der Waals surface area contributed by atoms with Crippen LogP contribution in [0, 0.1) is 0 Å². The average molecular weight is 417 g/mol. The summed E-state index contributed by atoms with van der Waals surface area (Å²) in [6.45, 7) is 4.84. The van der Waals surface area contributed by atoms with Crippen LogP contribution in [0.25, 0.3) is 11.4 Å². The minimum atomic E-state index is -0.179. The zero-order chi connectivity index (χ0) is 21.6. The lowest BCUT2D eigenvalue weighted by Gasteiger charge is -2.11. The summed E-state index contributed by atoms with van der Waals surface area (Å²) in [5.41, 5.74) is 2.25. The summed E-state index contributed by atoms with van der Waals surface area (Å²) in [7, 11) is 0. The molecule has 0 bridgehead atoms. The van der Waals surface area contributed by atoms with Crippen molar-refractivity contribution >= 4 is 11.6 Å². The monoisotopic (exact) mass is 417 g/mol. The molecule has 0 aliphatic rings. The van der Waals surface area contributed by atoms with E-state index in [9.17, 15) is 4.79 Å². The third-order valence-corrected chi connectivity index (χ3v) is 4.67. The number of benzene rings is 1. The van der Waals surface area contributed by atoms with Gasteiger partial charge in [-0.3, -0.25) is 14.9 Å². The predicted molar refractivity (Wildman–Crippen MR) is 115 cm³/mol. The van der Waals surface area contributed by atoms with Gasteiger partial charge in [-0.1, -0.05) is 6.07 Å². The Morgan fingerprint density at radius 1 is 1.16 bits per heavy atom. The first-order chi connectivity index (χ1) is 15.1. The number of anilines is 1. The van der Waals surface area contributed by atoms with Crippen LogP contribution in [0.3, 0.4) is 0 Å². The fraction of sp³-hybridized carbons (Fsp3) is 0.238. The molecule has 0 atom stereocenters. The molecule has 4 aromatic rings. The number of H-pyrrole nitrogens is 1. The number of aromatic amines is 1. The number of pyridine rings is 1. The molecule has 3 heterocycles. The standard InChI is InChI=1S/C21H23N9O/c1-14(2)30-13-25-28-19(30)12-24-21(31)16-4-3-5-17(10-16)23-11-18-26-20(29-27-18)15-6-8-22-9-7-15/h3-10,13-14,23H,11-12H2,1-2H3,(H,24,31)(H,26,27,29). The van der Waals surface area contributed by atoms with Gasteiger partial charge in [0, 0.05) is 35.2 Å². The Bertz CT molecular complexity index is 1150. The summed E-state index contributed by atoms with van der Waals surface area (Å²) in [5.74, 6) is 1.84. The average Bonchev–Trinajstić information content (AvgIpc) is 3.46. The van der Waals surface area contributed by atoms with E-state index < -0.39 is 0 Å². The maximum Gasteiger partial charge on any atom is 0.251 e. The van der Waals surface area contributed by atoms with Gasteiger partial charge in [0.15, 0.2) is 11.6 Å². The molecule has 10 nitrogen and oxygen atoms in total. The van der Waals surface area contributed by atoms with Crippen LogP contribution in [0.1, 0.15) is 41.9 Å². The molecular formula is C21H23N9O. The number of hydrogen-bond acceptors (Lipinski definition) is 7. The Balaban J connectivity index is 1.35. The Hall–Kier alpha value is -4.08. The summed E-state index contributed by atoms with van der Waals surface area (Å²) in [6.07, 6.45) is 5.07. The molecule has 0 spiro atoms. The minimum absolute atomic E-state index is 0.179. The number of aromatic nitrogens is 7. The molecule has 4 rings (SSSR count). The summed E-state index contributed by atoms with van der Waals surface area (Å²) in [4.78, 5) is 21.1. The molecule has 0 saturated heterocycles. The number of hydrogen-bond donors (Lipinski definition) is 3. The lowest BCUT2D eigenvalue weighted by atomic mass is 10.2. The highest BCUT2D eigenvalue weighted by Gasteiger charge is 2.11. The van der Waals surface area contributed by atoms with E-state index in [-0.39, 0.29) is 11.9 Å². The largest absolute Gasteiger partial charge is 0.378 e. The van der Waals surface area contributed by atoms with E-state index in [0.29, 0.717) is 36.1 Å². The molecule has 0 fully saturated rings. The Morgan fingerprint density at radius 2 is 2.00 bits per heavy atom. The van der Waals surface area contributed by atoms with Gasteiger partial charge in [0.25, 0.3) is 5.91 Å². The van der Waals surface area contributed by atoms with Crippen molar-refractivity contribution in [1.29, 1.82) is 0 Å². The number of carbonyl (C=O) groups excluding carboxylic acids is 1. The van der Waals surface area contributed by atoms with E-state index in [4.69, 9.17) is 0 Å². The number of nitrogens with one attached hydrogen (secondary N) is 3. The van der Waals surface area contributed by atoms with Crippen LogP contribution in [0.2, 0.25) is 0 Å². The lowest BCUT2D eigenvalue weighted by Crippen LogP contribution is -2.25. The third kappa shape index (κ3) is 4.92. The highest BCUT2D eigenvalue weighted by Crippen LogP contribution is 2.15. The van der Waals surface area contributed by atoms with Gasteiger partial charge >= 0.3 is 0 Å². The fourth-order valence-electron chi connectivity index (χ4n) is 3.05. The molecule has 0 aliphatic carbocycles. The second kappa shape index (κ2) is 9.16. The first-order valence-electron chi connectivity index (χ1n) is 9.92. The van der Waals surface area contributed by atoms with Gasteiger partial charge in [-0.25, -0.2) is 4.98 Å². The summed E-state index contributed by atoms with van der Waals surface area (Å²) in [5, 5.41) is 21.3. The number of rotatable bonds is 8. The molecular weight excluding hydrogens is 394 g/mol. The number of nitrogens with zero attached hydrogens (tertiary/aromatic N) is 6. The van der Waals surface area contributed by atoms with E-state index >= 15 is 0 Å². The summed E-state index contributed by atoms with van der Waals surface area (Å²) in [6, 6.07) is 11.2. The van der Waals surface area contributed by atoms with Crippen molar-refractivity contribution in [3.8, 4) is 11.4 Å². The maximum atomic E-state index is 12.6. The highest BCUT2D eigenvalue weighted by atomic mass is 16.1. The van der Waals surface area contributed by atoms with E-state index in [1.807, 2.05) is 42.7 Å². The summed E-state index contributed by atoms with van der Waals surface area (Å²) < 4.78 is 1.93. The van der Waals surface area contributed by atoms with Crippen LogP contribution in [0.15, 0.2) is 55.1 Å². The van der Waals surface area contributed by atoms with E-state index in [2.05, 4.69) is 41.0 Å². The first-order valence-corrected chi connectivity index (χ1v) is 9.92. The van der Waals surface area contributed by atoms with E-state index in [1.165, 1.54) is 0 Å². The molecule has 0 aliphatic heterocycles. The minimum Gasteiger partial charge on any atom is -0.378 e. The highest BCUT2D eigenvalue weighted by molar-refractivity contribution is 5.95. The van der Waals surface area contributed by atoms with Crippen LogP contribution < -0.4 is 10.6 Å². The molecule has 31 heavy (non-hydrogen) atoms. The fourth-order valence-corrected chi connectivity index (χ4v) is 3.05. The van der Waals surface area contributed by atoms with Crippen molar-refractivity contribution in [3.63, 3.8) is 0 Å². The van der Waals surface area contributed by atoms with Crippen molar-refractivity contribution in [3.05, 3.63) is 72.3 Å². The van der Waals surface area contributed by atoms with E-state index in [1.54, 1.807) is 30.9 Å². The van der Waals surface area contributed by atoms with Crippen molar-refractivity contribution in [2.75, 3.05) is 5.32 Å². The molecule has 1 aromatic carbocycles. The third-order valence-electron chi connectivity index (χ3n) is 4.67. The predicted octanol–water partition coefficient (Wildman–Crippen LogP) is 2.58. The van der Waals surface area contributed by atoms with Gasteiger partial charge in [0.1, 0.15) is 12.2 Å². The quantitative estimate of drug-likeness (QED) is 0.402. The van der Waals surface area contributed by atoms with Crippen LogP contribution >= 0.6 is 0 Å². The molecule has 0 saturated carbocycles. The molecule has 1 amide bonds. The van der Waals surface area contributed by atoms with E-state index in [0.717, 1.165) is 11.3 Å². The molecule has 158 valence electrons. The van der Waals surface area contributed by atoms with Crippen molar-refractivity contribution in [2.45, 2.75) is 33.0 Å². The zero-order valence-electron chi connectivity index (χ0n) is 17.3. The number of carbonyl (C=O) groups is 1. The molecule has 3 aromatic heterocycles. The van der Waals surface area contributed by atoms with Crippen LogP contribution in [0.4, 0.5) is 5.69 Å². The zero-order valence-corrected chi connectivity index (χ0v) is 17.3. The molecule has 0 radical (unpaired) electrons. The SMILES string of the molecule is CC(C)n1cnnc1CNC(=O)c1cccc(NCc2nc(-c3ccncc3)n[nH]2)c1. The molecule has 10 heteroatoms. The molecule has 0 unspecified atom stereocenters. The van der Waals surface area contributed by atoms with Gasteiger partial charge in [-0.15, -0.1) is 10.2 Å². The topological polar surface area (TPSA) is 126 Å². The van der Waals surface area contributed by atoms with Crippen molar-refractivity contribution in [1.82, 2.24) is 40.2 Å². The number of amides is 1. The van der Waals surface area contributed by atoms with Crippen molar-refractivity contribution in [2.24, 2.45) is 0 Å². The normalized spacial score (nSPS) is 10.9. The van der Waals surface area contributed by atoms with Gasteiger partial charge in [0.05, 0.1) is 13.1 Å². The lowest BCUT2D eigenvalue weighted by molar-refractivity contribution is 0.0949. The van der Waals surface area contributed by atoms with Gasteiger partial charge in [0.2, 0.25) is 0 Å². The van der Waals surface area contributed by atoms with Crippen LogP contribution in [0.5, 0.6) is 0 Å². The second-order valence-electron chi connectivity index (χ2n) is 7.21. The Kier molecular flexibility index (Phi) is 5.97. The summed E-state index contributed by atoms with van der Waals surface area (Å²) >= 11 is 0. The Morgan fingerprint density at radius 3 is 2.81 bits per heavy atom. The van der Waals surface area contributed by atoms with Crippen LogP contribution in [-0.4, -0.2) is 40.8 Å². The maximum absolute atomic E-state index is 12.6. The second-order valence-corrected chi connectivity index (χ2v) is 7.21. The first kappa shape index (κ1) is 20.2. The van der Waals surface area contributed by atoms with Gasteiger partial charge in [-0.05, 0) is 44.2 Å². The van der Waals surface area contributed by atoms with Crippen molar-refractivity contribution < 1.29 is 4.79 Å².